The summed E-state index contributed by atoms with van der Waals surface area (Å²) in [4.78, 5) is 17.1. The molecule has 1 aliphatic heterocycles. The van der Waals surface area contributed by atoms with Crippen LogP contribution in [0.5, 0.6) is 0 Å². The summed E-state index contributed by atoms with van der Waals surface area (Å²) in [5.41, 5.74) is 0.911. The Balaban J connectivity index is 2.08. The van der Waals surface area contributed by atoms with E-state index in [9.17, 15) is 13.2 Å². The van der Waals surface area contributed by atoms with Gasteiger partial charge in [0, 0.05) is 5.56 Å². The van der Waals surface area contributed by atoms with Crippen molar-refractivity contribution < 1.29 is 17.9 Å². The van der Waals surface area contributed by atoms with Crippen LogP contribution in [0.15, 0.2) is 59.6 Å². The van der Waals surface area contributed by atoms with E-state index in [0.717, 1.165) is 11.8 Å². The van der Waals surface area contributed by atoms with E-state index in [1.807, 2.05) is 37.3 Å². The van der Waals surface area contributed by atoms with Crippen LogP contribution in [0, 0.1) is 6.92 Å². The molecule has 0 saturated carbocycles. The first kappa shape index (κ1) is 18.3. The van der Waals surface area contributed by atoms with Gasteiger partial charge in [-0.2, -0.15) is 0 Å². The van der Waals surface area contributed by atoms with Gasteiger partial charge in [-0.05, 0) is 31.5 Å². The average Bonchev–Trinajstić information content (AvgIpc) is 2.90. The molecule has 1 heterocycles. The fourth-order valence-corrected chi connectivity index (χ4v) is 3.63. The van der Waals surface area contributed by atoms with E-state index in [-0.39, 0.29) is 5.90 Å². The zero-order valence-electron chi connectivity index (χ0n) is 14.8. The van der Waals surface area contributed by atoms with Crippen molar-refractivity contribution in [2.24, 2.45) is 4.99 Å². The maximum absolute atomic E-state index is 12.7. The standard InChI is InChI=1S/C19H20N2O4S/c1-13-9-11-14(12-10-13)16(21-26(3,23)24)19(2)18(22)25-17(20-19)15-7-5-4-6-8-15/h4-12,16,21H,1-3H3/t16-,19-/m0/s1. The lowest BCUT2D eigenvalue weighted by Gasteiger charge is -2.28. The predicted octanol–water partition coefficient (Wildman–Crippen LogP) is 2.35. The van der Waals surface area contributed by atoms with Gasteiger partial charge in [0.25, 0.3) is 0 Å². The van der Waals surface area contributed by atoms with Crippen molar-refractivity contribution >= 4 is 21.9 Å². The monoisotopic (exact) mass is 372 g/mol. The smallest absolute Gasteiger partial charge is 0.342 e. The highest BCUT2D eigenvalue weighted by Gasteiger charge is 2.50. The number of nitrogens with one attached hydrogen (secondary N) is 1. The Labute approximate surface area is 153 Å². The van der Waals surface area contributed by atoms with Gasteiger partial charge in [0.2, 0.25) is 15.9 Å². The third kappa shape index (κ3) is 3.68. The number of carbonyl (C=O) groups excluding carboxylic acids is 1. The van der Waals surface area contributed by atoms with Crippen LogP contribution in [-0.4, -0.2) is 32.1 Å². The molecule has 0 unspecified atom stereocenters. The number of benzene rings is 2. The normalized spacial score (nSPS) is 21.2. The molecule has 1 N–H and O–H groups in total. The Morgan fingerprint density at radius 1 is 1.08 bits per heavy atom. The molecule has 0 amide bonds. The van der Waals surface area contributed by atoms with Crippen LogP contribution in [0.1, 0.15) is 29.7 Å². The second kappa shape index (κ2) is 6.66. The second-order valence-electron chi connectivity index (χ2n) is 6.55. The number of aliphatic imine (C=N–C) groups is 1. The molecule has 0 spiro atoms. The van der Waals surface area contributed by atoms with Gasteiger partial charge in [0.15, 0.2) is 5.54 Å². The lowest BCUT2D eigenvalue weighted by molar-refractivity contribution is -0.139. The molecule has 0 fully saturated rings. The van der Waals surface area contributed by atoms with E-state index in [1.54, 1.807) is 31.2 Å². The molecule has 2 aromatic carbocycles. The van der Waals surface area contributed by atoms with Gasteiger partial charge in [-0.1, -0.05) is 48.0 Å². The van der Waals surface area contributed by atoms with Crippen LogP contribution in [0.3, 0.4) is 0 Å². The predicted molar refractivity (Wildman–Crippen MR) is 99.4 cm³/mol. The zero-order chi connectivity index (χ0) is 18.9. The van der Waals surface area contributed by atoms with Crippen molar-refractivity contribution in [1.82, 2.24) is 4.72 Å². The number of aryl methyl sites for hydroxylation is 1. The Morgan fingerprint density at radius 3 is 2.27 bits per heavy atom. The maximum Gasteiger partial charge on any atom is 0.342 e. The third-order valence-electron chi connectivity index (χ3n) is 4.26. The summed E-state index contributed by atoms with van der Waals surface area (Å²) >= 11 is 0. The van der Waals surface area contributed by atoms with Crippen LogP contribution in [0.25, 0.3) is 0 Å². The SMILES string of the molecule is Cc1ccc([C@H](NS(C)(=O)=O)[C@]2(C)N=C(c3ccccc3)OC2=O)cc1. The van der Waals surface area contributed by atoms with E-state index >= 15 is 0 Å². The van der Waals surface area contributed by atoms with E-state index < -0.39 is 27.6 Å². The molecule has 2 aromatic rings. The van der Waals surface area contributed by atoms with Gasteiger partial charge in [0.1, 0.15) is 0 Å². The minimum absolute atomic E-state index is 0.186. The molecule has 0 saturated heterocycles. The first-order valence-corrected chi connectivity index (χ1v) is 9.99. The van der Waals surface area contributed by atoms with Crippen molar-refractivity contribution in [3.8, 4) is 0 Å². The fraction of sp³-hybridized carbons (Fsp3) is 0.263. The molecule has 0 radical (unpaired) electrons. The van der Waals surface area contributed by atoms with Crippen LogP contribution in [0.2, 0.25) is 0 Å². The first-order chi connectivity index (χ1) is 12.2. The van der Waals surface area contributed by atoms with E-state index in [1.165, 1.54) is 0 Å². The van der Waals surface area contributed by atoms with Gasteiger partial charge in [-0.3, -0.25) is 0 Å². The summed E-state index contributed by atoms with van der Waals surface area (Å²) in [6, 6.07) is 15.4. The number of rotatable bonds is 5. The number of hydrogen-bond acceptors (Lipinski definition) is 5. The molecule has 6 nitrogen and oxygen atoms in total. The minimum Gasteiger partial charge on any atom is -0.405 e. The highest BCUT2D eigenvalue weighted by Crippen LogP contribution is 2.36. The van der Waals surface area contributed by atoms with Gasteiger partial charge < -0.3 is 4.74 Å². The maximum atomic E-state index is 12.7. The van der Waals surface area contributed by atoms with Crippen LogP contribution < -0.4 is 4.72 Å². The molecule has 2 atom stereocenters. The van der Waals surface area contributed by atoms with Crippen LogP contribution >= 0.6 is 0 Å². The Hall–Kier alpha value is -2.51. The summed E-state index contributed by atoms with van der Waals surface area (Å²) in [7, 11) is -3.59. The number of hydrogen-bond donors (Lipinski definition) is 1. The minimum atomic E-state index is -3.59. The summed E-state index contributed by atoms with van der Waals surface area (Å²) < 4.78 is 31.8. The van der Waals surface area contributed by atoms with Gasteiger partial charge in [0.05, 0.1) is 12.3 Å². The summed E-state index contributed by atoms with van der Waals surface area (Å²) in [6.45, 7) is 3.51. The van der Waals surface area contributed by atoms with Crippen LogP contribution in [-0.2, 0) is 19.6 Å². The Kier molecular flexibility index (Phi) is 4.68. The third-order valence-corrected chi connectivity index (χ3v) is 4.93. The van der Waals surface area contributed by atoms with Gasteiger partial charge >= 0.3 is 5.97 Å². The van der Waals surface area contributed by atoms with E-state index in [2.05, 4.69) is 9.71 Å². The Morgan fingerprint density at radius 2 is 1.69 bits per heavy atom. The molecule has 0 bridgehead atoms. The molecule has 26 heavy (non-hydrogen) atoms. The largest absolute Gasteiger partial charge is 0.405 e. The first-order valence-electron chi connectivity index (χ1n) is 8.10. The van der Waals surface area contributed by atoms with Gasteiger partial charge in [-0.15, -0.1) is 0 Å². The van der Waals surface area contributed by atoms with Crippen molar-refractivity contribution in [2.45, 2.75) is 25.4 Å². The molecular formula is C19H20N2O4S. The topological polar surface area (TPSA) is 84.8 Å². The number of carbonyl (C=O) groups is 1. The molecule has 0 aliphatic carbocycles. The number of esters is 1. The van der Waals surface area contributed by atoms with E-state index in [4.69, 9.17) is 4.74 Å². The highest BCUT2D eigenvalue weighted by molar-refractivity contribution is 7.88. The highest BCUT2D eigenvalue weighted by atomic mass is 32.2. The number of cyclic esters (lactones) is 1. The van der Waals surface area contributed by atoms with Crippen molar-refractivity contribution in [1.29, 1.82) is 0 Å². The molecule has 7 heteroatoms. The van der Waals surface area contributed by atoms with Crippen molar-refractivity contribution in [3.05, 3.63) is 71.3 Å². The number of nitrogens with zero attached hydrogens (tertiary/aromatic N) is 1. The van der Waals surface area contributed by atoms with E-state index in [0.29, 0.717) is 11.1 Å². The number of ether oxygens (including phenoxy) is 1. The molecule has 136 valence electrons. The average molecular weight is 372 g/mol. The van der Waals surface area contributed by atoms with Crippen molar-refractivity contribution in [3.63, 3.8) is 0 Å². The second-order valence-corrected chi connectivity index (χ2v) is 8.33. The van der Waals surface area contributed by atoms with Crippen LogP contribution in [0.4, 0.5) is 0 Å². The number of sulfonamides is 1. The molecule has 0 aromatic heterocycles. The molecule has 3 rings (SSSR count). The quantitative estimate of drug-likeness (QED) is 0.817. The summed E-state index contributed by atoms with van der Waals surface area (Å²) in [5.74, 6) is -0.413. The lowest BCUT2D eigenvalue weighted by atomic mass is 9.88. The van der Waals surface area contributed by atoms with Crippen molar-refractivity contribution in [2.75, 3.05) is 6.26 Å². The summed E-state index contributed by atoms with van der Waals surface area (Å²) in [5, 5.41) is 0. The zero-order valence-corrected chi connectivity index (χ0v) is 15.6. The van der Waals surface area contributed by atoms with Gasteiger partial charge in [-0.25, -0.2) is 22.9 Å². The lowest BCUT2D eigenvalue weighted by Crippen LogP contribution is -2.46. The summed E-state index contributed by atoms with van der Waals surface area (Å²) in [6.07, 6.45) is 1.06. The fourth-order valence-electron chi connectivity index (χ4n) is 2.84. The molecular weight excluding hydrogens is 352 g/mol. The molecule has 1 aliphatic rings. The Bertz CT molecular complexity index is 953.